The minimum atomic E-state index is 0.0288. The Kier molecular flexibility index (Phi) is 3.07. The van der Waals surface area contributed by atoms with E-state index in [2.05, 4.69) is 24.8 Å². The fraction of sp³-hybridized carbons (Fsp3) is 0.889. The van der Waals surface area contributed by atoms with Crippen molar-refractivity contribution < 1.29 is 0 Å². The summed E-state index contributed by atoms with van der Waals surface area (Å²) in [6.07, 6.45) is 0.955. The minimum absolute atomic E-state index is 0.0288. The van der Waals surface area contributed by atoms with Gasteiger partial charge in [-0.05, 0) is 26.8 Å². The lowest BCUT2D eigenvalue weighted by atomic mass is 9.93. The quantitative estimate of drug-likeness (QED) is 0.621. The van der Waals surface area contributed by atoms with Gasteiger partial charge in [0, 0.05) is 18.6 Å². The maximum absolute atomic E-state index is 8.80. The molecule has 1 rings (SSSR count). The van der Waals surface area contributed by atoms with Crippen LogP contribution >= 0.6 is 0 Å². The van der Waals surface area contributed by atoms with Crippen molar-refractivity contribution in [3.8, 4) is 6.07 Å². The van der Waals surface area contributed by atoms with Gasteiger partial charge in [-0.2, -0.15) is 5.26 Å². The summed E-state index contributed by atoms with van der Waals surface area (Å²) < 4.78 is 0. The van der Waals surface area contributed by atoms with Gasteiger partial charge < -0.3 is 5.73 Å². The van der Waals surface area contributed by atoms with Crippen LogP contribution in [0.5, 0.6) is 0 Å². The van der Waals surface area contributed by atoms with Gasteiger partial charge in [-0.15, -0.1) is 0 Å². The standard InChI is InChI=1S/C9H17N3/c1-7(2)12-4-3-9(11)8(5-10)6-12/h7-9H,3-4,6,11H2,1-2H3. The van der Waals surface area contributed by atoms with Crippen LogP contribution in [0.3, 0.4) is 0 Å². The molecule has 0 aromatic carbocycles. The monoisotopic (exact) mass is 167 g/mol. The van der Waals surface area contributed by atoms with Crippen LogP contribution in [0.2, 0.25) is 0 Å². The fourth-order valence-corrected chi connectivity index (χ4v) is 1.60. The lowest BCUT2D eigenvalue weighted by molar-refractivity contribution is 0.146. The van der Waals surface area contributed by atoms with Gasteiger partial charge in [0.2, 0.25) is 0 Å². The molecule has 3 nitrogen and oxygen atoms in total. The third kappa shape index (κ3) is 1.96. The molecule has 1 heterocycles. The van der Waals surface area contributed by atoms with Crippen molar-refractivity contribution in [1.29, 1.82) is 5.26 Å². The zero-order valence-corrected chi connectivity index (χ0v) is 7.83. The van der Waals surface area contributed by atoms with Crippen LogP contribution in [0.15, 0.2) is 0 Å². The average molecular weight is 167 g/mol. The summed E-state index contributed by atoms with van der Waals surface area (Å²) in [6.45, 7) is 6.20. The molecule has 1 fully saturated rings. The van der Waals surface area contributed by atoms with Crippen molar-refractivity contribution in [3.05, 3.63) is 0 Å². The van der Waals surface area contributed by atoms with Gasteiger partial charge in [-0.25, -0.2) is 0 Å². The molecule has 0 bridgehead atoms. The normalized spacial score (nSPS) is 31.9. The summed E-state index contributed by atoms with van der Waals surface area (Å²) >= 11 is 0. The number of likely N-dealkylation sites (tertiary alicyclic amines) is 1. The highest BCUT2D eigenvalue weighted by molar-refractivity contribution is 4.96. The van der Waals surface area contributed by atoms with Gasteiger partial charge in [0.15, 0.2) is 0 Å². The van der Waals surface area contributed by atoms with Crippen LogP contribution < -0.4 is 5.73 Å². The van der Waals surface area contributed by atoms with E-state index in [9.17, 15) is 0 Å². The number of nitrogens with zero attached hydrogens (tertiary/aromatic N) is 2. The van der Waals surface area contributed by atoms with Gasteiger partial charge in [0.05, 0.1) is 12.0 Å². The van der Waals surface area contributed by atoms with Crippen molar-refractivity contribution in [1.82, 2.24) is 4.90 Å². The third-order valence-electron chi connectivity index (χ3n) is 2.59. The molecule has 0 radical (unpaired) electrons. The lowest BCUT2D eigenvalue weighted by Gasteiger charge is -2.35. The van der Waals surface area contributed by atoms with Gasteiger partial charge in [0.1, 0.15) is 0 Å². The van der Waals surface area contributed by atoms with E-state index in [4.69, 9.17) is 11.0 Å². The third-order valence-corrected chi connectivity index (χ3v) is 2.59. The molecule has 2 atom stereocenters. The highest BCUT2D eigenvalue weighted by atomic mass is 15.2. The Labute approximate surface area is 74.1 Å². The number of nitrogens with two attached hydrogens (primary N) is 1. The molecule has 0 spiro atoms. The van der Waals surface area contributed by atoms with Gasteiger partial charge >= 0.3 is 0 Å². The Hall–Kier alpha value is -0.590. The summed E-state index contributed by atoms with van der Waals surface area (Å²) in [6, 6.07) is 2.90. The molecule has 1 aliphatic heterocycles. The first kappa shape index (κ1) is 9.50. The van der Waals surface area contributed by atoms with E-state index in [1.807, 2.05) is 0 Å². The topological polar surface area (TPSA) is 53.0 Å². The van der Waals surface area contributed by atoms with Gasteiger partial charge in [-0.1, -0.05) is 0 Å². The fourth-order valence-electron chi connectivity index (χ4n) is 1.60. The molecule has 12 heavy (non-hydrogen) atoms. The maximum Gasteiger partial charge on any atom is 0.0741 e. The van der Waals surface area contributed by atoms with E-state index in [0.717, 1.165) is 19.5 Å². The molecule has 0 saturated carbocycles. The second-order valence-electron chi connectivity index (χ2n) is 3.78. The first-order valence-electron chi connectivity index (χ1n) is 4.54. The van der Waals surface area contributed by atoms with Crippen molar-refractivity contribution >= 4 is 0 Å². The van der Waals surface area contributed by atoms with Gasteiger partial charge in [0.25, 0.3) is 0 Å². The van der Waals surface area contributed by atoms with E-state index >= 15 is 0 Å². The molecular weight excluding hydrogens is 150 g/mol. The zero-order valence-electron chi connectivity index (χ0n) is 7.83. The summed E-state index contributed by atoms with van der Waals surface area (Å²) in [5, 5.41) is 8.80. The van der Waals surface area contributed by atoms with E-state index in [0.29, 0.717) is 6.04 Å². The average Bonchev–Trinajstić information content (AvgIpc) is 2.05. The SMILES string of the molecule is CC(C)N1CCC(N)C(C#N)C1. The Morgan fingerprint density at radius 3 is 2.75 bits per heavy atom. The van der Waals surface area contributed by atoms with Crippen LogP contribution in [-0.2, 0) is 0 Å². The molecule has 0 aromatic rings. The summed E-state index contributed by atoms with van der Waals surface area (Å²) in [5.74, 6) is 0.0288. The van der Waals surface area contributed by atoms with Crippen LogP contribution in [0.25, 0.3) is 0 Å². The number of hydrogen-bond donors (Lipinski definition) is 1. The zero-order chi connectivity index (χ0) is 9.14. The first-order valence-corrected chi connectivity index (χ1v) is 4.54. The first-order chi connectivity index (χ1) is 5.65. The van der Waals surface area contributed by atoms with E-state index in [1.54, 1.807) is 0 Å². The number of piperidine rings is 1. The van der Waals surface area contributed by atoms with E-state index < -0.39 is 0 Å². The van der Waals surface area contributed by atoms with Crippen molar-refractivity contribution in [3.63, 3.8) is 0 Å². The van der Waals surface area contributed by atoms with Crippen LogP contribution in [0.1, 0.15) is 20.3 Å². The molecule has 2 unspecified atom stereocenters. The molecule has 3 heteroatoms. The van der Waals surface area contributed by atoms with Crippen LogP contribution in [-0.4, -0.2) is 30.1 Å². The van der Waals surface area contributed by atoms with Crippen LogP contribution in [0.4, 0.5) is 0 Å². The highest BCUT2D eigenvalue weighted by Gasteiger charge is 2.27. The molecule has 68 valence electrons. The number of rotatable bonds is 1. The van der Waals surface area contributed by atoms with Crippen molar-refractivity contribution in [2.75, 3.05) is 13.1 Å². The van der Waals surface area contributed by atoms with E-state index in [-0.39, 0.29) is 12.0 Å². The molecule has 1 aliphatic rings. The Morgan fingerprint density at radius 1 is 1.58 bits per heavy atom. The maximum atomic E-state index is 8.80. The largest absolute Gasteiger partial charge is 0.326 e. The Morgan fingerprint density at radius 2 is 2.25 bits per heavy atom. The van der Waals surface area contributed by atoms with E-state index in [1.165, 1.54) is 0 Å². The second kappa shape index (κ2) is 3.88. The Balaban J connectivity index is 2.51. The summed E-state index contributed by atoms with van der Waals surface area (Å²) in [4.78, 5) is 2.32. The molecule has 2 N–H and O–H groups in total. The molecule has 0 amide bonds. The van der Waals surface area contributed by atoms with Crippen molar-refractivity contribution in [2.45, 2.75) is 32.4 Å². The predicted octanol–water partition coefficient (Wildman–Crippen LogP) is 0.568. The number of hydrogen-bond acceptors (Lipinski definition) is 3. The molecule has 0 aromatic heterocycles. The summed E-state index contributed by atoms with van der Waals surface area (Å²) in [5.41, 5.74) is 5.80. The van der Waals surface area contributed by atoms with Gasteiger partial charge in [-0.3, -0.25) is 4.90 Å². The second-order valence-corrected chi connectivity index (χ2v) is 3.78. The van der Waals surface area contributed by atoms with Crippen LogP contribution in [0, 0.1) is 17.2 Å². The Bertz CT molecular complexity index is 183. The predicted molar refractivity (Wildman–Crippen MR) is 48.4 cm³/mol. The molecule has 1 saturated heterocycles. The van der Waals surface area contributed by atoms with Crippen molar-refractivity contribution in [2.24, 2.45) is 11.7 Å². The number of nitriles is 1. The highest BCUT2D eigenvalue weighted by Crippen LogP contribution is 2.16. The molecular formula is C9H17N3. The minimum Gasteiger partial charge on any atom is -0.326 e. The summed E-state index contributed by atoms with van der Waals surface area (Å²) in [7, 11) is 0. The lowest BCUT2D eigenvalue weighted by Crippen LogP contribution is -2.48. The molecule has 0 aliphatic carbocycles. The smallest absolute Gasteiger partial charge is 0.0741 e.